The molecular weight excluding hydrogens is 338 g/mol. The van der Waals surface area contributed by atoms with Crippen molar-refractivity contribution < 1.29 is 18.1 Å². The van der Waals surface area contributed by atoms with Crippen LogP contribution < -0.4 is 4.74 Å². The van der Waals surface area contributed by atoms with Gasteiger partial charge in [0, 0.05) is 22.8 Å². The zero-order valence-electron chi connectivity index (χ0n) is 11.7. The number of nitro benzene ring substituents is 1. The predicted molar refractivity (Wildman–Crippen MR) is 84.0 cm³/mol. The van der Waals surface area contributed by atoms with Crippen molar-refractivity contribution in [3.8, 4) is 5.75 Å². The third kappa shape index (κ3) is 5.37. The first-order valence-corrected chi connectivity index (χ1v) is 9.68. The third-order valence-corrected chi connectivity index (χ3v) is 4.90. The van der Waals surface area contributed by atoms with E-state index in [2.05, 4.69) is 0 Å². The minimum absolute atomic E-state index is 0.0806. The lowest BCUT2D eigenvalue weighted by molar-refractivity contribution is -0.385. The largest absolute Gasteiger partial charge is 0.492 e. The molecule has 0 bridgehead atoms. The maximum absolute atomic E-state index is 11.6. The molecule has 1 aromatic rings. The Morgan fingerprint density at radius 1 is 1.43 bits per heavy atom. The van der Waals surface area contributed by atoms with Gasteiger partial charge in [-0.05, 0) is 30.4 Å². The molecule has 0 aliphatic heterocycles. The van der Waals surface area contributed by atoms with Gasteiger partial charge in [-0.15, -0.1) is 0 Å². The molecule has 9 heteroatoms. The summed E-state index contributed by atoms with van der Waals surface area (Å²) >= 11 is 1.75. The number of thioether (sulfide) groups is 1. The Labute approximate surface area is 132 Å². The van der Waals surface area contributed by atoms with Crippen LogP contribution in [0.15, 0.2) is 17.0 Å². The normalized spacial score (nSPS) is 11.4. The van der Waals surface area contributed by atoms with E-state index in [0.29, 0.717) is 12.2 Å². The molecule has 0 N–H and O–H groups in total. The number of hydrogen-bond donors (Lipinski definition) is 0. The molecule has 0 aliphatic carbocycles. The highest BCUT2D eigenvalue weighted by atomic mass is 35.7. The number of rotatable bonds is 8. The molecule has 0 spiro atoms. The van der Waals surface area contributed by atoms with E-state index in [4.69, 9.17) is 15.4 Å². The van der Waals surface area contributed by atoms with E-state index in [-0.39, 0.29) is 16.3 Å². The molecule has 0 unspecified atom stereocenters. The first-order chi connectivity index (χ1) is 9.77. The second-order valence-corrected chi connectivity index (χ2v) is 8.11. The lowest BCUT2D eigenvalue weighted by atomic mass is 10.2. The molecule has 0 aliphatic rings. The van der Waals surface area contributed by atoms with E-state index in [9.17, 15) is 18.5 Å². The first kappa shape index (κ1) is 18.1. The average molecular weight is 354 g/mol. The molecule has 118 valence electrons. The number of non-ortho nitro benzene ring substituents is 1. The molecule has 1 rings (SSSR count). The second-order valence-electron chi connectivity index (χ2n) is 4.18. The van der Waals surface area contributed by atoms with Gasteiger partial charge >= 0.3 is 0 Å². The summed E-state index contributed by atoms with van der Waals surface area (Å²) in [7, 11) is 1.22. The van der Waals surface area contributed by atoms with Gasteiger partial charge < -0.3 is 4.74 Å². The quantitative estimate of drug-likeness (QED) is 0.308. The van der Waals surface area contributed by atoms with E-state index in [0.717, 1.165) is 24.0 Å². The molecule has 1 aromatic carbocycles. The Bertz CT molecular complexity index is 618. The highest BCUT2D eigenvalue weighted by Gasteiger charge is 2.23. The van der Waals surface area contributed by atoms with Crippen molar-refractivity contribution >= 4 is 37.2 Å². The summed E-state index contributed by atoms with van der Waals surface area (Å²) in [5.41, 5.74) is 0.0344. The van der Waals surface area contributed by atoms with Crippen LogP contribution in [0.25, 0.3) is 0 Å². The zero-order valence-corrected chi connectivity index (χ0v) is 14.1. The predicted octanol–water partition coefficient (Wildman–Crippen LogP) is 3.35. The van der Waals surface area contributed by atoms with Crippen LogP contribution in [0.1, 0.15) is 18.9 Å². The van der Waals surface area contributed by atoms with Crippen molar-refractivity contribution in [3.05, 3.63) is 27.8 Å². The first-order valence-electron chi connectivity index (χ1n) is 6.21. The summed E-state index contributed by atoms with van der Waals surface area (Å²) < 4.78 is 28.6. The zero-order chi connectivity index (χ0) is 16.0. The van der Waals surface area contributed by atoms with Crippen LogP contribution in [-0.2, 0) is 9.05 Å². The van der Waals surface area contributed by atoms with Gasteiger partial charge in [-0.1, -0.05) is 6.92 Å². The molecule has 0 saturated heterocycles. The molecule has 0 atom stereocenters. The molecule has 0 fully saturated rings. The summed E-state index contributed by atoms with van der Waals surface area (Å²) in [6, 6.07) is 2.19. The van der Waals surface area contributed by atoms with Crippen LogP contribution in [0.3, 0.4) is 0 Å². The number of hydrogen-bond acceptors (Lipinski definition) is 6. The Morgan fingerprint density at radius 2 is 2.10 bits per heavy atom. The topological polar surface area (TPSA) is 86.5 Å². The number of aryl methyl sites for hydroxylation is 1. The molecule has 0 heterocycles. The van der Waals surface area contributed by atoms with Crippen LogP contribution >= 0.6 is 22.4 Å². The van der Waals surface area contributed by atoms with Crippen LogP contribution in [0.2, 0.25) is 0 Å². The molecule has 0 amide bonds. The summed E-state index contributed by atoms with van der Waals surface area (Å²) in [6.45, 7) is 3.92. The molecule has 6 nitrogen and oxygen atoms in total. The van der Waals surface area contributed by atoms with Gasteiger partial charge in [-0.3, -0.25) is 10.1 Å². The van der Waals surface area contributed by atoms with Crippen molar-refractivity contribution in [1.29, 1.82) is 0 Å². The van der Waals surface area contributed by atoms with Crippen LogP contribution in [0.5, 0.6) is 5.75 Å². The summed E-state index contributed by atoms with van der Waals surface area (Å²) in [5, 5.41) is 10.8. The Kier molecular flexibility index (Phi) is 6.76. The Morgan fingerprint density at radius 3 is 2.62 bits per heavy atom. The third-order valence-electron chi connectivity index (χ3n) is 2.58. The van der Waals surface area contributed by atoms with Gasteiger partial charge in [0.1, 0.15) is 10.6 Å². The van der Waals surface area contributed by atoms with Crippen molar-refractivity contribution in [2.75, 3.05) is 18.1 Å². The molecule has 0 aromatic heterocycles. The standard InChI is InChI=1S/C12H16ClNO5S2/c1-3-20-6-4-5-19-12-9(2)7-10(14(15)16)8-11(12)21(13,17)18/h7-8H,3-6H2,1-2H3. The SMILES string of the molecule is CCSCCCOc1c(C)cc([N+](=O)[O-])cc1S(=O)(=O)Cl. The Balaban J connectivity index is 3.04. The van der Waals surface area contributed by atoms with Crippen molar-refractivity contribution in [2.24, 2.45) is 0 Å². The summed E-state index contributed by atoms with van der Waals surface area (Å²) in [4.78, 5) is 9.77. The van der Waals surface area contributed by atoms with E-state index in [1.54, 1.807) is 18.7 Å². The fourth-order valence-electron chi connectivity index (χ4n) is 1.67. The highest BCUT2D eigenvalue weighted by Crippen LogP contribution is 2.34. The lowest BCUT2D eigenvalue weighted by Crippen LogP contribution is -2.06. The minimum Gasteiger partial charge on any atom is -0.492 e. The molecule has 0 radical (unpaired) electrons. The summed E-state index contributed by atoms with van der Waals surface area (Å²) in [6.07, 6.45) is 0.747. The lowest BCUT2D eigenvalue weighted by Gasteiger charge is -2.12. The minimum atomic E-state index is -4.12. The van der Waals surface area contributed by atoms with E-state index in [1.807, 2.05) is 6.92 Å². The van der Waals surface area contributed by atoms with Gasteiger partial charge in [-0.25, -0.2) is 8.42 Å². The van der Waals surface area contributed by atoms with Crippen LogP contribution in [0.4, 0.5) is 5.69 Å². The van der Waals surface area contributed by atoms with Crippen LogP contribution in [0, 0.1) is 17.0 Å². The van der Waals surface area contributed by atoms with Crippen molar-refractivity contribution in [3.63, 3.8) is 0 Å². The second kappa shape index (κ2) is 7.86. The van der Waals surface area contributed by atoms with E-state index in [1.165, 1.54) is 6.07 Å². The summed E-state index contributed by atoms with van der Waals surface area (Å²) in [5.74, 6) is 1.97. The molecule has 21 heavy (non-hydrogen) atoms. The van der Waals surface area contributed by atoms with Crippen molar-refractivity contribution in [1.82, 2.24) is 0 Å². The van der Waals surface area contributed by atoms with E-state index >= 15 is 0 Å². The van der Waals surface area contributed by atoms with Gasteiger partial charge in [0.25, 0.3) is 14.7 Å². The van der Waals surface area contributed by atoms with Crippen molar-refractivity contribution in [2.45, 2.75) is 25.2 Å². The number of ether oxygens (including phenoxy) is 1. The van der Waals surface area contributed by atoms with Gasteiger partial charge in [-0.2, -0.15) is 11.8 Å². The van der Waals surface area contributed by atoms with Gasteiger partial charge in [0.05, 0.1) is 11.5 Å². The fourth-order valence-corrected chi connectivity index (χ4v) is 3.33. The number of benzene rings is 1. The number of halogens is 1. The smallest absolute Gasteiger partial charge is 0.271 e. The number of nitrogens with zero attached hydrogens (tertiary/aromatic N) is 1. The maximum Gasteiger partial charge on any atom is 0.271 e. The van der Waals surface area contributed by atoms with Gasteiger partial charge in [0.15, 0.2) is 0 Å². The maximum atomic E-state index is 11.6. The van der Waals surface area contributed by atoms with Crippen LogP contribution in [-0.4, -0.2) is 31.5 Å². The monoisotopic (exact) mass is 353 g/mol. The van der Waals surface area contributed by atoms with Gasteiger partial charge in [0.2, 0.25) is 0 Å². The molecule has 0 saturated carbocycles. The Hall–Kier alpha value is -0.990. The van der Waals surface area contributed by atoms with E-state index < -0.39 is 14.0 Å². The highest BCUT2D eigenvalue weighted by molar-refractivity contribution is 8.13. The number of nitro groups is 1. The average Bonchev–Trinajstić information content (AvgIpc) is 2.38. The molecular formula is C12H16ClNO5S2. The fraction of sp³-hybridized carbons (Fsp3) is 0.500.